The molecule has 0 unspecified atom stereocenters. The van der Waals surface area contributed by atoms with Crippen molar-refractivity contribution in [1.82, 2.24) is 9.97 Å². The lowest BCUT2D eigenvalue weighted by molar-refractivity contribution is 0.181. The molecule has 21 heavy (non-hydrogen) atoms. The highest BCUT2D eigenvalue weighted by molar-refractivity contribution is 9.10. The Labute approximate surface area is 133 Å². The molecule has 0 bridgehead atoms. The first kappa shape index (κ1) is 15.9. The van der Waals surface area contributed by atoms with Crippen LogP contribution in [0.3, 0.4) is 0 Å². The number of hydrogen-bond donors (Lipinski definition) is 1. The van der Waals surface area contributed by atoms with Gasteiger partial charge in [-0.15, -0.1) is 0 Å². The molecule has 0 radical (unpaired) electrons. The smallest absolute Gasteiger partial charge is 0.161 e. The summed E-state index contributed by atoms with van der Waals surface area (Å²) in [5.74, 6) is 1.70. The lowest BCUT2D eigenvalue weighted by Gasteiger charge is -2.09. The maximum Gasteiger partial charge on any atom is 0.161 e. The summed E-state index contributed by atoms with van der Waals surface area (Å²) in [6.07, 6.45) is 1.07. The van der Waals surface area contributed by atoms with Crippen LogP contribution in [0.1, 0.15) is 25.1 Å². The molecule has 0 spiro atoms. The Balaban J connectivity index is 2.33. The number of halogens is 1. The Bertz CT molecular complexity index is 612. The first-order chi connectivity index (χ1) is 10.0. The second-order valence-electron chi connectivity index (χ2n) is 5.42. The van der Waals surface area contributed by atoms with Crippen LogP contribution in [-0.4, -0.2) is 17.1 Å². The van der Waals surface area contributed by atoms with Gasteiger partial charge >= 0.3 is 0 Å². The summed E-state index contributed by atoms with van der Waals surface area (Å²) in [7, 11) is 1.63. The largest absolute Gasteiger partial charge is 0.383 e. The van der Waals surface area contributed by atoms with Crippen molar-refractivity contribution in [3.63, 3.8) is 0 Å². The van der Waals surface area contributed by atoms with Gasteiger partial charge in [0.05, 0.1) is 16.8 Å². The van der Waals surface area contributed by atoms with Gasteiger partial charge in [0.25, 0.3) is 0 Å². The molecule has 0 saturated heterocycles. The minimum Gasteiger partial charge on any atom is -0.383 e. The van der Waals surface area contributed by atoms with Crippen LogP contribution in [0.2, 0.25) is 0 Å². The van der Waals surface area contributed by atoms with E-state index in [1.165, 1.54) is 5.56 Å². The molecule has 2 N–H and O–H groups in total. The van der Waals surface area contributed by atoms with E-state index in [0.717, 1.165) is 17.7 Å². The van der Waals surface area contributed by atoms with Gasteiger partial charge in [-0.05, 0) is 33.8 Å². The van der Waals surface area contributed by atoms with Crippen molar-refractivity contribution in [3.05, 3.63) is 40.0 Å². The zero-order chi connectivity index (χ0) is 15.4. The van der Waals surface area contributed by atoms with Crippen molar-refractivity contribution in [2.75, 3.05) is 12.8 Å². The van der Waals surface area contributed by atoms with Crippen LogP contribution in [0, 0.1) is 5.92 Å². The van der Waals surface area contributed by atoms with Crippen LogP contribution in [0.25, 0.3) is 11.4 Å². The van der Waals surface area contributed by atoms with E-state index in [0.29, 0.717) is 28.6 Å². The SMILES string of the molecule is COCc1nc(-c2ccc(CC(C)C)cc2)nc(N)c1Br. The summed E-state index contributed by atoms with van der Waals surface area (Å²) in [5, 5.41) is 0. The second-order valence-corrected chi connectivity index (χ2v) is 6.21. The molecule has 5 heteroatoms. The predicted molar refractivity (Wildman–Crippen MR) is 88.8 cm³/mol. The van der Waals surface area contributed by atoms with E-state index in [-0.39, 0.29) is 0 Å². The monoisotopic (exact) mass is 349 g/mol. The molecule has 0 aliphatic heterocycles. The van der Waals surface area contributed by atoms with Crippen molar-refractivity contribution >= 4 is 21.7 Å². The van der Waals surface area contributed by atoms with Crippen LogP contribution in [0.5, 0.6) is 0 Å². The fourth-order valence-corrected chi connectivity index (χ4v) is 2.43. The van der Waals surface area contributed by atoms with Gasteiger partial charge in [0.1, 0.15) is 5.82 Å². The molecular formula is C16H20BrN3O. The number of nitrogens with two attached hydrogens (primary N) is 1. The van der Waals surface area contributed by atoms with Gasteiger partial charge in [-0.1, -0.05) is 38.1 Å². The number of anilines is 1. The molecule has 0 saturated carbocycles. The minimum absolute atomic E-state index is 0.395. The Morgan fingerprint density at radius 3 is 2.43 bits per heavy atom. The van der Waals surface area contributed by atoms with E-state index in [1.807, 2.05) is 12.1 Å². The van der Waals surface area contributed by atoms with E-state index >= 15 is 0 Å². The van der Waals surface area contributed by atoms with Crippen LogP contribution in [0.4, 0.5) is 5.82 Å². The fraction of sp³-hybridized carbons (Fsp3) is 0.375. The van der Waals surface area contributed by atoms with E-state index < -0.39 is 0 Å². The lowest BCUT2D eigenvalue weighted by Crippen LogP contribution is -2.04. The van der Waals surface area contributed by atoms with Gasteiger partial charge < -0.3 is 10.5 Å². The van der Waals surface area contributed by atoms with Gasteiger partial charge in [-0.25, -0.2) is 9.97 Å². The number of aromatic nitrogens is 2. The number of hydrogen-bond acceptors (Lipinski definition) is 4. The Kier molecular flexibility index (Phi) is 5.31. The summed E-state index contributed by atoms with van der Waals surface area (Å²) in [4.78, 5) is 8.86. The van der Waals surface area contributed by atoms with E-state index in [4.69, 9.17) is 10.5 Å². The third kappa shape index (κ3) is 4.02. The van der Waals surface area contributed by atoms with Crippen LogP contribution in [0.15, 0.2) is 28.7 Å². The number of nitrogens with zero attached hydrogens (tertiary/aromatic N) is 2. The van der Waals surface area contributed by atoms with Crippen LogP contribution in [-0.2, 0) is 17.8 Å². The van der Waals surface area contributed by atoms with E-state index in [1.54, 1.807) is 7.11 Å². The molecule has 112 valence electrons. The average Bonchev–Trinajstić information content (AvgIpc) is 2.44. The third-order valence-electron chi connectivity index (χ3n) is 3.08. The van der Waals surface area contributed by atoms with Crippen molar-refractivity contribution in [2.45, 2.75) is 26.9 Å². The van der Waals surface area contributed by atoms with Crippen molar-refractivity contribution in [2.24, 2.45) is 5.92 Å². The van der Waals surface area contributed by atoms with E-state index in [9.17, 15) is 0 Å². The predicted octanol–water partition coefficient (Wildman–Crippen LogP) is 3.83. The summed E-state index contributed by atoms with van der Waals surface area (Å²) in [5.41, 5.74) is 8.96. The minimum atomic E-state index is 0.395. The molecule has 4 nitrogen and oxygen atoms in total. The number of ether oxygens (including phenoxy) is 1. The lowest BCUT2D eigenvalue weighted by atomic mass is 10.0. The first-order valence-corrected chi connectivity index (χ1v) is 7.70. The maximum atomic E-state index is 5.93. The standard InChI is InChI=1S/C16H20BrN3O/c1-10(2)8-11-4-6-12(7-5-11)16-19-13(9-21-3)14(17)15(18)20-16/h4-7,10H,8-9H2,1-3H3,(H2,18,19,20). The summed E-state index contributed by atoms with van der Waals surface area (Å²) in [6, 6.07) is 8.31. The van der Waals surface area contributed by atoms with Gasteiger partial charge in [-0.3, -0.25) is 0 Å². The normalized spacial score (nSPS) is 11.1. The van der Waals surface area contributed by atoms with Crippen molar-refractivity contribution < 1.29 is 4.74 Å². The van der Waals surface area contributed by atoms with Crippen molar-refractivity contribution in [1.29, 1.82) is 0 Å². The van der Waals surface area contributed by atoms with Gasteiger partial charge in [-0.2, -0.15) is 0 Å². The Hall–Kier alpha value is -1.46. The number of methoxy groups -OCH3 is 1. The van der Waals surface area contributed by atoms with Crippen LogP contribution >= 0.6 is 15.9 Å². The molecule has 2 aromatic rings. The fourth-order valence-electron chi connectivity index (χ4n) is 2.14. The molecule has 0 amide bonds. The Morgan fingerprint density at radius 2 is 1.86 bits per heavy atom. The average molecular weight is 350 g/mol. The second kappa shape index (κ2) is 7.00. The topological polar surface area (TPSA) is 61.0 Å². The molecule has 0 fully saturated rings. The zero-order valence-electron chi connectivity index (χ0n) is 12.6. The molecule has 1 heterocycles. The molecule has 0 aliphatic carbocycles. The molecule has 1 aromatic carbocycles. The summed E-state index contributed by atoms with van der Waals surface area (Å²) < 4.78 is 5.84. The quantitative estimate of drug-likeness (QED) is 0.890. The van der Waals surface area contributed by atoms with Gasteiger partial charge in [0, 0.05) is 12.7 Å². The number of nitrogen functional groups attached to an aromatic ring is 1. The van der Waals surface area contributed by atoms with Gasteiger partial charge in [0.15, 0.2) is 5.82 Å². The summed E-state index contributed by atoms with van der Waals surface area (Å²) in [6.45, 7) is 4.82. The van der Waals surface area contributed by atoms with Crippen molar-refractivity contribution in [3.8, 4) is 11.4 Å². The highest BCUT2D eigenvalue weighted by Crippen LogP contribution is 2.26. The molecule has 0 atom stereocenters. The molecular weight excluding hydrogens is 330 g/mol. The number of benzene rings is 1. The maximum absolute atomic E-state index is 5.93. The molecule has 1 aromatic heterocycles. The first-order valence-electron chi connectivity index (χ1n) is 6.91. The molecule has 0 aliphatic rings. The van der Waals surface area contributed by atoms with Crippen LogP contribution < -0.4 is 5.73 Å². The van der Waals surface area contributed by atoms with Gasteiger partial charge in [0.2, 0.25) is 0 Å². The highest BCUT2D eigenvalue weighted by atomic mass is 79.9. The highest BCUT2D eigenvalue weighted by Gasteiger charge is 2.11. The summed E-state index contributed by atoms with van der Waals surface area (Å²) >= 11 is 3.40. The zero-order valence-corrected chi connectivity index (χ0v) is 14.1. The molecule has 2 rings (SSSR count). The third-order valence-corrected chi connectivity index (χ3v) is 3.95. The Morgan fingerprint density at radius 1 is 1.19 bits per heavy atom. The van der Waals surface area contributed by atoms with E-state index in [2.05, 4.69) is 51.9 Å². The number of rotatable bonds is 5.